The first kappa shape index (κ1) is 16.0. The first-order chi connectivity index (χ1) is 8.90. The van der Waals surface area contributed by atoms with Crippen LogP contribution in [0.3, 0.4) is 0 Å². The molecule has 0 fully saturated rings. The molecule has 108 valence electrons. The first-order valence-electron chi connectivity index (χ1n) is 6.72. The van der Waals surface area contributed by atoms with Crippen molar-refractivity contribution in [2.45, 2.75) is 39.5 Å². The summed E-state index contributed by atoms with van der Waals surface area (Å²) in [5.74, 6) is 0. The largest absolute Gasteiger partial charge is 0.300 e. The van der Waals surface area contributed by atoms with Gasteiger partial charge in [0.05, 0.1) is 10.9 Å². The van der Waals surface area contributed by atoms with Crippen molar-refractivity contribution in [2.24, 2.45) is 0 Å². The van der Waals surface area contributed by atoms with Crippen LogP contribution in [-0.2, 0) is 16.6 Å². The Balaban J connectivity index is 2.96. The van der Waals surface area contributed by atoms with Gasteiger partial charge in [-0.1, -0.05) is 32.0 Å². The molecule has 0 saturated heterocycles. The molecule has 0 aromatic heterocycles. The number of nitrogens with one attached hydrogen (secondary N) is 1. The summed E-state index contributed by atoms with van der Waals surface area (Å²) >= 11 is 0. The number of hydrogen-bond acceptors (Lipinski definition) is 3. The third-order valence-electron chi connectivity index (χ3n) is 3.18. The summed E-state index contributed by atoms with van der Waals surface area (Å²) in [4.78, 5) is 2.25. The lowest BCUT2D eigenvalue weighted by atomic mass is 10.1. The Morgan fingerprint density at radius 2 is 1.74 bits per heavy atom. The van der Waals surface area contributed by atoms with Gasteiger partial charge < -0.3 is 0 Å². The van der Waals surface area contributed by atoms with Crippen molar-refractivity contribution in [1.82, 2.24) is 4.90 Å². The van der Waals surface area contributed by atoms with Crippen molar-refractivity contribution in [3.63, 3.8) is 0 Å². The Morgan fingerprint density at radius 1 is 1.16 bits per heavy atom. The number of para-hydroxylation sites is 1. The Bertz CT molecular complexity index is 494. The molecule has 5 heteroatoms. The molecule has 1 N–H and O–H groups in total. The van der Waals surface area contributed by atoms with Crippen LogP contribution in [-0.4, -0.2) is 31.7 Å². The second kappa shape index (κ2) is 6.91. The molecule has 0 heterocycles. The monoisotopic (exact) mass is 284 g/mol. The zero-order valence-electron chi connectivity index (χ0n) is 12.2. The summed E-state index contributed by atoms with van der Waals surface area (Å²) in [5, 5.41) is -0.436. The molecule has 0 radical (unpaired) electrons. The van der Waals surface area contributed by atoms with Crippen LogP contribution in [0.15, 0.2) is 24.3 Å². The van der Waals surface area contributed by atoms with Crippen LogP contribution in [0.1, 0.15) is 33.3 Å². The number of rotatable bonds is 7. The van der Waals surface area contributed by atoms with Crippen molar-refractivity contribution in [1.29, 1.82) is 0 Å². The fraction of sp³-hybridized carbons (Fsp3) is 0.571. The van der Waals surface area contributed by atoms with E-state index in [2.05, 4.69) is 23.5 Å². The lowest BCUT2D eigenvalue weighted by Gasteiger charge is -2.21. The van der Waals surface area contributed by atoms with Gasteiger partial charge in [0.2, 0.25) is 10.0 Å². The average molecular weight is 284 g/mol. The predicted molar refractivity (Wildman–Crippen MR) is 80.7 cm³/mol. The third kappa shape index (κ3) is 4.51. The molecule has 0 saturated carbocycles. The Hall–Kier alpha value is -1.07. The molecule has 19 heavy (non-hydrogen) atoms. The van der Waals surface area contributed by atoms with Gasteiger partial charge in [-0.05, 0) is 38.6 Å². The van der Waals surface area contributed by atoms with Gasteiger partial charge in [-0.15, -0.1) is 0 Å². The van der Waals surface area contributed by atoms with E-state index >= 15 is 0 Å². The molecule has 0 spiro atoms. The van der Waals surface area contributed by atoms with Crippen LogP contribution in [0.5, 0.6) is 0 Å². The second-order valence-corrected chi connectivity index (χ2v) is 7.05. The van der Waals surface area contributed by atoms with E-state index in [1.165, 1.54) is 0 Å². The highest BCUT2D eigenvalue weighted by Crippen LogP contribution is 2.19. The normalized spacial score (nSPS) is 12.1. The number of anilines is 1. The molecule has 0 unspecified atom stereocenters. The van der Waals surface area contributed by atoms with Gasteiger partial charge in [0.15, 0.2) is 0 Å². The molecular formula is C14H24N2O2S. The van der Waals surface area contributed by atoms with Gasteiger partial charge in [0.1, 0.15) is 0 Å². The molecule has 0 atom stereocenters. The van der Waals surface area contributed by atoms with Crippen LogP contribution >= 0.6 is 0 Å². The van der Waals surface area contributed by atoms with Crippen LogP contribution < -0.4 is 4.72 Å². The SMILES string of the molecule is CCN(CC)Cc1ccccc1NS(=O)(=O)C(C)C. The van der Waals surface area contributed by atoms with Gasteiger partial charge in [0, 0.05) is 6.54 Å². The predicted octanol–water partition coefficient (Wildman–Crippen LogP) is 2.68. The van der Waals surface area contributed by atoms with Gasteiger partial charge in [0.25, 0.3) is 0 Å². The third-order valence-corrected chi connectivity index (χ3v) is 4.92. The molecule has 0 bridgehead atoms. The highest BCUT2D eigenvalue weighted by atomic mass is 32.2. The second-order valence-electron chi connectivity index (χ2n) is 4.81. The lowest BCUT2D eigenvalue weighted by molar-refractivity contribution is 0.296. The van der Waals surface area contributed by atoms with Crippen molar-refractivity contribution in [3.8, 4) is 0 Å². The van der Waals surface area contributed by atoms with Gasteiger partial charge in [-0.2, -0.15) is 0 Å². The Kier molecular flexibility index (Phi) is 5.82. The molecule has 1 aromatic carbocycles. The molecule has 1 rings (SSSR count). The van der Waals surface area contributed by atoms with Crippen molar-refractivity contribution in [3.05, 3.63) is 29.8 Å². The molecular weight excluding hydrogens is 260 g/mol. The smallest absolute Gasteiger partial charge is 0.235 e. The maximum absolute atomic E-state index is 12.0. The average Bonchev–Trinajstić information content (AvgIpc) is 2.37. The van der Waals surface area contributed by atoms with E-state index in [9.17, 15) is 8.42 Å². The standard InChI is InChI=1S/C14H24N2O2S/c1-5-16(6-2)11-13-9-7-8-10-14(13)15-19(17,18)12(3)4/h7-10,12,15H,5-6,11H2,1-4H3. The van der Waals surface area contributed by atoms with Crippen LogP contribution in [0.25, 0.3) is 0 Å². The number of hydrogen-bond donors (Lipinski definition) is 1. The van der Waals surface area contributed by atoms with E-state index in [1.54, 1.807) is 13.8 Å². The number of nitrogens with zero attached hydrogens (tertiary/aromatic N) is 1. The highest BCUT2D eigenvalue weighted by molar-refractivity contribution is 7.93. The highest BCUT2D eigenvalue weighted by Gasteiger charge is 2.17. The summed E-state index contributed by atoms with van der Waals surface area (Å²) in [7, 11) is -3.29. The summed E-state index contributed by atoms with van der Waals surface area (Å²) in [6, 6.07) is 7.57. The van der Waals surface area contributed by atoms with Gasteiger partial charge >= 0.3 is 0 Å². The van der Waals surface area contributed by atoms with Crippen LogP contribution in [0.4, 0.5) is 5.69 Å². The van der Waals surface area contributed by atoms with E-state index in [1.807, 2.05) is 24.3 Å². The van der Waals surface area contributed by atoms with Gasteiger partial charge in [-0.3, -0.25) is 9.62 Å². The molecule has 1 aromatic rings. The fourth-order valence-electron chi connectivity index (χ4n) is 1.72. The van der Waals surface area contributed by atoms with Crippen LogP contribution in [0.2, 0.25) is 0 Å². The van der Waals surface area contributed by atoms with Gasteiger partial charge in [-0.25, -0.2) is 8.42 Å². The summed E-state index contributed by atoms with van der Waals surface area (Å²) in [5.41, 5.74) is 1.69. The van der Waals surface area contributed by atoms with Crippen molar-refractivity contribution in [2.75, 3.05) is 17.8 Å². The van der Waals surface area contributed by atoms with E-state index in [-0.39, 0.29) is 0 Å². The fourth-order valence-corrected chi connectivity index (χ4v) is 2.46. The zero-order valence-corrected chi connectivity index (χ0v) is 13.0. The quantitative estimate of drug-likeness (QED) is 0.837. The molecule has 0 aliphatic heterocycles. The van der Waals surface area contributed by atoms with Crippen LogP contribution in [0, 0.1) is 0 Å². The maximum atomic E-state index is 12.0. The molecule has 0 aliphatic rings. The Morgan fingerprint density at radius 3 is 2.26 bits per heavy atom. The van der Waals surface area contributed by atoms with E-state index in [4.69, 9.17) is 0 Å². The topological polar surface area (TPSA) is 49.4 Å². The molecule has 0 aliphatic carbocycles. The van der Waals surface area contributed by atoms with Crippen molar-refractivity contribution >= 4 is 15.7 Å². The van der Waals surface area contributed by atoms with E-state index in [0.29, 0.717) is 5.69 Å². The minimum Gasteiger partial charge on any atom is -0.300 e. The number of benzene rings is 1. The lowest BCUT2D eigenvalue weighted by Crippen LogP contribution is -2.25. The summed E-state index contributed by atoms with van der Waals surface area (Å²) in [6.07, 6.45) is 0. The van der Waals surface area contributed by atoms with E-state index in [0.717, 1.165) is 25.2 Å². The molecule has 4 nitrogen and oxygen atoms in total. The summed E-state index contributed by atoms with van der Waals surface area (Å²) < 4.78 is 26.6. The zero-order chi connectivity index (χ0) is 14.5. The Labute approximate surface area is 116 Å². The first-order valence-corrected chi connectivity index (χ1v) is 8.27. The van der Waals surface area contributed by atoms with Crippen molar-refractivity contribution < 1.29 is 8.42 Å². The maximum Gasteiger partial charge on any atom is 0.235 e. The molecule has 0 amide bonds. The van der Waals surface area contributed by atoms with E-state index < -0.39 is 15.3 Å². The minimum absolute atomic E-state index is 0.436. The minimum atomic E-state index is -3.29. The number of sulfonamides is 1. The summed E-state index contributed by atoms with van der Waals surface area (Å²) in [6.45, 7) is 10.2.